The molecule has 1 atom stereocenters. The van der Waals surface area contributed by atoms with E-state index in [0.717, 1.165) is 23.6 Å². The number of nitrogens with zero attached hydrogens (tertiary/aromatic N) is 1. The average Bonchev–Trinajstić information content (AvgIpc) is 2.34. The van der Waals surface area contributed by atoms with Gasteiger partial charge in [0, 0.05) is 24.9 Å². The molecular formula is C15H21NO2. The number of anilines is 1. The molecule has 0 fully saturated rings. The van der Waals surface area contributed by atoms with Crippen LogP contribution in [0, 0.1) is 6.92 Å². The van der Waals surface area contributed by atoms with Gasteiger partial charge in [-0.3, -0.25) is 0 Å². The van der Waals surface area contributed by atoms with Crippen molar-refractivity contribution in [1.82, 2.24) is 0 Å². The Labute approximate surface area is 109 Å². The summed E-state index contributed by atoms with van der Waals surface area (Å²) in [5.41, 5.74) is 3.26. The lowest BCUT2D eigenvalue weighted by molar-refractivity contribution is -0.131. The van der Waals surface area contributed by atoms with Gasteiger partial charge in [0.25, 0.3) is 0 Å². The first-order chi connectivity index (χ1) is 8.45. The molecule has 1 rings (SSSR count). The second kappa shape index (κ2) is 6.24. The summed E-state index contributed by atoms with van der Waals surface area (Å²) in [7, 11) is 2.09. The molecule has 0 saturated heterocycles. The number of carboxylic acid groups (broad SMARTS) is 1. The van der Waals surface area contributed by atoms with Crippen LogP contribution < -0.4 is 4.90 Å². The van der Waals surface area contributed by atoms with Crippen LogP contribution >= 0.6 is 0 Å². The monoisotopic (exact) mass is 247 g/mol. The summed E-state index contributed by atoms with van der Waals surface area (Å²) in [5, 5.41) is 8.60. The molecule has 1 N–H and O–H groups in total. The smallest absolute Gasteiger partial charge is 0.328 e. The van der Waals surface area contributed by atoms with Crippen molar-refractivity contribution in [3.8, 4) is 0 Å². The van der Waals surface area contributed by atoms with Crippen LogP contribution in [-0.2, 0) is 4.79 Å². The SMILES string of the molecule is CCC(C)N(C)c1ccc(C=CC(=O)O)cc1C. The third kappa shape index (κ3) is 3.62. The molecular weight excluding hydrogens is 226 g/mol. The molecule has 0 aliphatic carbocycles. The molecule has 0 aliphatic heterocycles. The van der Waals surface area contributed by atoms with Crippen LogP contribution in [0.15, 0.2) is 24.3 Å². The Bertz CT molecular complexity index is 452. The summed E-state index contributed by atoms with van der Waals surface area (Å²) in [4.78, 5) is 12.7. The van der Waals surface area contributed by atoms with Crippen molar-refractivity contribution in [2.75, 3.05) is 11.9 Å². The number of hydrogen-bond acceptors (Lipinski definition) is 2. The van der Waals surface area contributed by atoms with Gasteiger partial charge in [0.15, 0.2) is 0 Å². The van der Waals surface area contributed by atoms with Crippen LogP contribution in [0.1, 0.15) is 31.4 Å². The van der Waals surface area contributed by atoms with Crippen molar-refractivity contribution in [2.24, 2.45) is 0 Å². The minimum atomic E-state index is -0.923. The van der Waals surface area contributed by atoms with Gasteiger partial charge in [-0.1, -0.05) is 13.0 Å². The van der Waals surface area contributed by atoms with Gasteiger partial charge in [-0.15, -0.1) is 0 Å². The standard InChI is InChI=1S/C15H21NO2/c1-5-12(3)16(4)14-8-6-13(10-11(14)2)7-9-15(17)18/h6-10,12H,5H2,1-4H3,(H,17,18). The minimum absolute atomic E-state index is 0.490. The number of aliphatic carboxylic acids is 1. The largest absolute Gasteiger partial charge is 0.478 e. The third-order valence-electron chi connectivity index (χ3n) is 3.27. The fraction of sp³-hybridized carbons (Fsp3) is 0.400. The lowest BCUT2D eigenvalue weighted by atomic mass is 10.1. The van der Waals surface area contributed by atoms with E-state index in [9.17, 15) is 4.79 Å². The number of benzene rings is 1. The predicted octanol–water partition coefficient (Wildman–Crippen LogP) is 3.33. The summed E-state index contributed by atoms with van der Waals surface area (Å²) in [6.07, 6.45) is 3.87. The van der Waals surface area contributed by atoms with Crippen molar-refractivity contribution in [2.45, 2.75) is 33.2 Å². The molecule has 0 bridgehead atoms. The van der Waals surface area contributed by atoms with Crippen LogP contribution in [0.5, 0.6) is 0 Å². The van der Waals surface area contributed by atoms with Crippen LogP contribution in [0.3, 0.4) is 0 Å². The average molecular weight is 247 g/mol. The van der Waals surface area contributed by atoms with Gasteiger partial charge in [-0.05, 0) is 49.6 Å². The van der Waals surface area contributed by atoms with Crippen molar-refractivity contribution in [1.29, 1.82) is 0 Å². The van der Waals surface area contributed by atoms with Crippen LogP contribution in [0.25, 0.3) is 6.08 Å². The highest BCUT2D eigenvalue weighted by Crippen LogP contribution is 2.23. The number of carboxylic acids is 1. The van der Waals surface area contributed by atoms with Gasteiger partial charge in [-0.2, -0.15) is 0 Å². The topological polar surface area (TPSA) is 40.5 Å². The molecule has 3 heteroatoms. The Hall–Kier alpha value is -1.77. The van der Waals surface area contributed by atoms with Crippen molar-refractivity contribution < 1.29 is 9.90 Å². The highest BCUT2D eigenvalue weighted by Gasteiger charge is 2.10. The second-order valence-corrected chi connectivity index (χ2v) is 4.59. The van der Waals surface area contributed by atoms with E-state index in [1.54, 1.807) is 6.08 Å². The number of rotatable bonds is 5. The summed E-state index contributed by atoms with van der Waals surface area (Å²) in [6.45, 7) is 6.41. The molecule has 1 unspecified atom stereocenters. The Morgan fingerprint density at radius 3 is 2.67 bits per heavy atom. The number of carbonyl (C=O) groups is 1. The molecule has 0 heterocycles. The molecule has 1 aromatic rings. The van der Waals surface area contributed by atoms with Gasteiger partial charge in [0.2, 0.25) is 0 Å². The maximum absolute atomic E-state index is 10.5. The normalized spacial score (nSPS) is 12.7. The summed E-state index contributed by atoms with van der Waals surface area (Å²) < 4.78 is 0. The zero-order valence-electron chi connectivity index (χ0n) is 11.5. The third-order valence-corrected chi connectivity index (χ3v) is 3.27. The Balaban J connectivity index is 2.96. The molecule has 0 aliphatic rings. The maximum Gasteiger partial charge on any atom is 0.328 e. The van der Waals surface area contributed by atoms with Crippen molar-refractivity contribution in [3.05, 3.63) is 35.4 Å². The van der Waals surface area contributed by atoms with E-state index in [-0.39, 0.29) is 0 Å². The highest BCUT2D eigenvalue weighted by atomic mass is 16.4. The summed E-state index contributed by atoms with van der Waals surface area (Å²) in [6, 6.07) is 6.49. The quantitative estimate of drug-likeness (QED) is 0.811. The first kappa shape index (κ1) is 14.3. The first-order valence-corrected chi connectivity index (χ1v) is 6.20. The minimum Gasteiger partial charge on any atom is -0.478 e. The van der Waals surface area contributed by atoms with Crippen LogP contribution in [0.2, 0.25) is 0 Å². The fourth-order valence-electron chi connectivity index (χ4n) is 1.86. The van der Waals surface area contributed by atoms with Crippen molar-refractivity contribution in [3.63, 3.8) is 0 Å². The Morgan fingerprint density at radius 2 is 2.17 bits per heavy atom. The first-order valence-electron chi connectivity index (χ1n) is 6.20. The van der Waals surface area contributed by atoms with E-state index < -0.39 is 5.97 Å². The zero-order valence-corrected chi connectivity index (χ0v) is 11.5. The molecule has 3 nitrogen and oxygen atoms in total. The van der Waals surface area contributed by atoms with E-state index in [4.69, 9.17) is 5.11 Å². The lowest BCUT2D eigenvalue weighted by Gasteiger charge is -2.27. The van der Waals surface area contributed by atoms with Crippen LogP contribution in [0.4, 0.5) is 5.69 Å². The van der Waals surface area contributed by atoms with E-state index in [0.29, 0.717) is 6.04 Å². The predicted molar refractivity (Wildman–Crippen MR) is 76.0 cm³/mol. The molecule has 0 aromatic heterocycles. The van der Waals surface area contributed by atoms with Gasteiger partial charge < -0.3 is 10.0 Å². The second-order valence-electron chi connectivity index (χ2n) is 4.59. The molecule has 1 aromatic carbocycles. The summed E-state index contributed by atoms with van der Waals surface area (Å²) >= 11 is 0. The Morgan fingerprint density at radius 1 is 1.50 bits per heavy atom. The summed E-state index contributed by atoms with van der Waals surface area (Å²) in [5.74, 6) is -0.923. The molecule has 98 valence electrons. The van der Waals surface area contributed by atoms with Crippen LogP contribution in [-0.4, -0.2) is 24.2 Å². The van der Waals surface area contributed by atoms with Gasteiger partial charge in [0.05, 0.1) is 0 Å². The van der Waals surface area contributed by atoms with E-state index in [1.807, 2.05) is 25.1 Å². The zero-order chi connectivity index (χ0) is 13.7. The van der Waals surface area contributed by atoms with Gasteiger partial charge >= 0.3 is 5.97 Å². The number of aryl methyl sites for hydroxylation is 1. The van der Waals surface area contributed by atoms with Gasteiger partial charge in [-0.25, -0.2) is 4.79 Å². The highest BCUT2D eigenvalue weighted by molar-refractivity contribution is 5.85. The molecule has 0 amide bonds. The molecule has 0 saturated carbocycles. The van der Waals surface area contributed by atoms with E-state index >= 15 is 0 Å². The maximum atomic E-state index is 10.5. The van der Waals surface area contributed by atoms with E-state index in [2.05, 4.69) is 25.8 Å². The fourth-order valence-corrected chi connectivity index (χ4v) is 1.86. The molecule has 18 heavy (non-hydrogen) atoms. The van der Waals surface area contributed by atoms with E-state index in [1.165, 1.54) is 5.69 Å². The number of hydrogen-bond donors (Lipinski definition) is 1. The van der Waals surface area contributed by atoms with Crippen molar-refractivity contribution >= 4 is 17.7 Å². The molecule has 0 radical (unpaired) electrons. The lowest BCUT2D eigenvalue weighted by Crippen LogP contribution is -2.28. The Kier molecular flexibility index (Phi) is 4.95. The molecule has 0 spiro atoms. The van der Waals surface area contributed by atoms with Gasteiger partial charge in [0.1, 0.15) is 0 Å².